The molecule has 27 heavy (non-hydrogen) atoms. The van der Waals surface area contributed by atoms with E-state index in [9.17, 15) is 0 Å². The largest absolute Gasteiger partial charge is 1.00 e. The fourth-order valence-electron chi connectivity index (χ4n) is 3.42. The number of aliphatic hydroxyl groups excluding tert-OH is 1. The zero-order valence-electron chi connectivity index (χ0n) is 18.8. The number of hydrogen-bond donors (Lipinski definition) is 1. The first-order chi connectivity index (χ1) is 12.6. The first-order valence-corrected chi connectivity index (χ1v) is 12.8. The Morgan fingerprint density at radius 2 is 1.04 bits per heavy atom. The normalized spacial score (nSPS) is 11.6. The molecule has 0 aromatic rings. The fraction of sp³-hybridized carbons (Fsp3) is 1.00. The van der Waals surface area contributed by atoms with Crippen LogP contribution >= 0.6 is 11.8 Å². The van der Waals surface area contributed by atoms with Crippen LogP contribution in [0, 0.1) is 0 Å². The minimum Gasteiger partial charge on any atom is -1.00 e. The van der Waals surface area contributed by atoms with E-state index in [-0.39, 0.29) is 24.0 Å². The highest BCUT2D eigenvalue weighted by Crippen LogP contribution is 2.14. The molecule has 166 valence electrons. The Bertz CT molecular complexity index is 277. The third kappa shape index (κ3) is 25.0. The maximum Gasteiger partial charge on any atom is 0.0874 e. The Kier molecular flexibility index (Phi) is 26.0. The van der Waals surface area contributed by atoms with Gasteiger partial charge >= 0.3 is 0 Å². The molecule has 0 bridgehead atoms. The molecule has 0 fully saturated rings. The van der Waals surface area contributed by atoms with E-state index in [2.05, 4.69) is 32.8 Å². The molecule has 0 radical (unpaired) electrons. The van der Waals surface area contributed by atoms with Crippen molar-refractivity contribution in [3.63, 3.8) is 0 Å². The minimum absolute atomic E-state index is 0. The molecule has 0 aliphatic carbocycles. The summed E-state index contributed by atoms with van der Waals surface area (Å²) in [5.41, 5.74) is 0. The molecule has 4 heteroatoms. The zero-order valence-corrected chi connectivity index (χ0v) is 21.8. The van der Waals surface area contributed by atoms with Gasteiger partial charge in [-0.3, -0.25) is 0 Å². The Labute approximate surface area is 193 Å². The van der Waals surface area contributed by atoms with Crippen LogP contribution in [0.2, 0.25) is 0 Å². The Balaban J connectivity index is 0. The van der Waals surface area contributed by atoms with Gasteiger partial charge in [0.15, 0.2) is 0 Å². The summed E-state index contributed by atoms with van der Waals surface area (Å²) in [4.78, 5) is 0. The van der Waals surface area contributed by atoms with Crippen LogP contribution in [-0.2, 0) is 0 Å². The van der Waals surface area contributed by atoms with Crippen LogP contribution in [0.5, 0.6) is 0 Å². The van der Waals surface area contributed by atoms with Gasteiger partial charge in [0.05, 0.1) is 27.2 Å². The lowest BCUT2D eigenvalue weighted by Gasteiger charge is -2.29. The standard InChI is InChI=1S/C23H50NOS.HI/c1-4-5-6-7-8-9-10-11-12-13-14-15-16-17-22-26-23-20-24(2,3)19-18-21-25;/h25H,4-23H2,1-3H3;1H/q+1;/p-1. The highest BCUT2D eigenvalue weighted by atomic mass is 127. The molecular weight excluding hydrogens is 465 g/mol. The number of nitrogens with zero attached hydrogens (tertiary/aromatic N) is 1. The van der Waals surface area contributed by atoms with Gasteiger partial charge in [0.1, 0.15) is 0 Å². The van der Waals surface area contributed by atoms with Crippen LogP contribution in [-0.4, -0.2) is 54.9 Å². The second kappa shape index (κ2) is 23.3. The number of unbranched alkanes of at least 4 members (excludes halogenated alkanes) is 13. The van der Waals surface area contributed by atoms with Gasteiger partial charge in [0.25, 0.3) is 0 Å². The molecule has 0 atom stereocenters. The smallest absolute Gasteiger partial charge is 0.0874 e. The molecular formula is C23H50INOS. The molecule has 1 N–H and O–H groups in total. The SMILES string of the molecule is CCCCCCCCCCCCCCCCSCC[N+](C)(C)CCCO.[I-]. The van der Waals surface area contributed by atoms with E-state index in [1.807, 2.05) is 0 Å². The Morgan fingerprint density at radius 1 is 0.593 bits per heavy atom. The summed E-state index contributed by atoms with van der Waals surface area (Å²) in [6.07, 6.45) is 21.1. The van der Waals surface area contributed by atoms with Crippen LogP contribution in [0.15, 0.2) is 0 Å². The molecule has 0 saturated heterocycles. The maximum absolute atomic E-state index is 8.93. The molecule has 0 saturated carbocycles. The number of hydrogen-bond acceptors (Lipinski definition) is 2. The summed E-state index contributed by atoms with van der Waals surface area (Å²) >= 11 is 2.12. The van der Waals surface area contributed by atoms with Gasteiger partial charge in [0, 0.05) is 18.8 Å². The topological polar surface area (TPSA) is 20.2 Å². The van der Waals surface area contributed by atoms with E-state index >= 15 is 0 Å². The molecule has 0 amide bonds. The summed E-state index contributed by atoms with van der Waals surface area (Å²) in [5.74, 6) is 2.59. The number of quaternary nitrogens is 1. The molecule has 0 aromatic carbocycles. The predicted molar refractivity (Wildman–Crippen MR) is 121 cm³/mol. The number of rotatable bonds is 21. The lowest BCUT2D eigenvalue weighted by atomic mass is 10.0. The molecule has 0 aliphatic heterocycles. The molecule has 0 aliphatic rings. The minimum atomic E-state index is 0. The number of aliphatic hydroxyl groups is 1. The van der Waals surface area contributed by atoms with Gasteiger partial charge in [-0.15, -0.1) is 0 Å². The van der Waals surface area contributed by atoms with Crippen molar-refractivity contribution < 1.29 is 33.6 Å². The quantitative estimate of drug-likeness (QED) is 0.143. The van der Waals surface area contributed by atoms with E-state index in [4.69, 9.17) is 5.11 Å². The van der Waals surface area contributed by atoms with Gasteiger partial charge in [-0.05, 0) is 12.2 Å². The van der Waals surface area contributed by atoms with Crippen LogP contribution in [0.4, 0.5) is 0 Å². The van der Waals surface area contributed by atoms with Crippen LogP contribution in [0.25, 0.3) is 0 Å². The van der Waals surface area contributed by atoms with E-state index in [1.54, 1.807) is 0 Å². The third-order valence-electron chi connectivity index (χ3n) is 5.40. The monoisotopic (exact) mass is 515 g/mol. The van der Waals surface area contributed by atoms with Crippen molar-refractivity contribution in [2.24, 2.45) is 0 Å². The van der Waals surface area contributed by atoms with Crippen LogP contribution in [0.3, 0.4) is 0 Å². The summed E-state index contributed by atoms with van der Waals surface area (Å²) in [6.45, 7) is 4.94. The van der Waals surface area contributed by atoms with Gasteiger partial charge in [-0.25, -0.2) is 0 Å². The number of halogens is 1. The predicted octanol–water partition coefficient (Wildman–Crippen LogP) is 3.66. The van der Waals surface area contributed by atoms with Crippen molar-refractivity contribution in [2.75, 3.05) is 45.3 Å². The lowest BCUT2D eigenvalue weighted by Crippen LogP contribution is -3.00. The summed E-state index contributed by atoms with van der Waals surface area (Å²) in [5, 5.41) is 8.93. The van der Waals surface area contributed by atoms with Crippen LogP contribution < -0.4 is 24.0 Å². The van der Waals surface area contributed by atoms with E-state index in [0.717, 1.165) is 17.4 Å². The fourth-order valence-corrected chi connectivity index (χ4v) is 4.66. The summed E-state index contributed by atoms with van der Waals surface area (Å²) < 4.78 is 1.05. The van der Waals surface area contributed by atoms with E-state index in [0.29, 0.717) is 6.61 Å². The van der Waals surface area contributed by atoms with Crippen molar-refractivity contribution >= 4 is 11.8 Å². The van der Waals surface area contributed by atoms with Crippen molar-refractivity contribution in [3.8, 4) is 0 Å². The van der Waals surface area contributed by atoms with Gasteiger partial charge in [0.2, 0.25) is 0 Å². The highest BCUT2D eigenvalue weighted by molar-refractivity contribution is 7.99. The molecule has 0 rings (SSSR count). The average molecular weight is 516 g/mol. The van der Waals surface area contributed by atoms with Crippen molar-refractivity contribution in [1.29, 1.82) is 0 Å². The maximum atomic E-state index is 8.93. The summed E-state index contributed by atoms with van der Waals surface area (Å²) in [6, 6.07) is 0. The van der Waals surface area contributed by atoms with E-state index < -0.39 is 0 Å². The summed E-state index contributed by atoms with van der Waals surface area (Å²) in [7, 11) is 4.56. The lowest BCUT2D eigenvalue weighted by molar-refractivity contribution is -0.888. The van der Waals surface area contributed by atoms with E-state index in [1.165, 1.54) is 108 Å². The molecule has 0 heterocycles. The average Bonchev–Trinajstić information content (AvgIpc) is 2.62. The third-order valence-corrected chi connectivity index (χ3v) is 6.45. The molecule has 0 unspecified atom stereocenters. The first kappa shape index (κ1) is 30.2. The Morgan fingerprint density at radius 3 is 1.48 bits per heavy atom. The first-order valence-electron chi connectivity index (χ1n) is 11.6. The van der Waals surface area contributed by atoms with Gasteiger partial charge in [-0.1, -0.05) is 90.4 Å². The Hall–Kier alpha value is 1.00. The van der Waals surface area contributed by atoms with Crippen molar-refractivity contribution in [3.05, 3.63) is 0 Å². The second-order valence-corrected chi connectivity index (χ2v) is 9.89. The zero-order chi connectivity index (χ0) is 19.3. The molecule has 2 nitrogen and oxygen atoms in total. The number of thioether (sulfide) groups is 1. The highest BCUT2D eigenvalue weighted by Gasteiger charge is 2.13. The van der Waals surface area contributed by atoms with Crippen molar-refractivity contribution in [2.45, 2.75) is 103 Å². The van der Waals surface area contributed by atoms with Gasteiger partial charge < -0.3 is 33.6 Å². The van der Waals surface area contributed by atoms with Crippen LogP contribution in [0.1, 0.15) is 103 Å². The molecule has 0 aromatic heterocycles. The van der Waals surface area contributed by atoms with Crippen molar-refractivity contribution in [1.82, 2.24) is 0 Å². The van der Waals surface area contributed by atoms with Gasteiger partial charge in [-0.2, -0.15) is 11.8 Å². The molecule has 0 spiro atoms. The second-order valence-electron chi connectivity index (χ2n) is 8.67.